The fraction of sp³-hybridized carbons (Fsp3) is 0.296. The first-order chi connectivity index (χ1) is 19.7. The van der Waals surface area contributed by atoms with Gasteiger partial charge in [0, 0.05) is 17.3 Å². The van der Waals surface area contributed by atoms with Gasteiger partial charge in [-0.25, -0.2) is 18.9 Å². The second kappa shape index (κ2) is 14.4. The Morgan fingerprint density at radius 3 is 2.76 bits per heavy atom. The van der Waals surface area contributed by atoms with Crippen LogP contribution in [0, 0.1) is 11.7 Å². The third kappa shape index (κ3) is 9.51. The van der Waals surface area contributed by atoms with Crippen molar-refractivity contribution in [1.82, 2.24) is 5.32 Å². The van der Waals surface area contributed by atoms with Gasteiger partial charge in [0.25, 0.3) is 6.02 Å². The summed E-state index contributed by atoms with van der Waals surface area (Å²) in [5.74, 6) is 1.08. The molecule has 2 unspecified atom stereocenters. The zero-order valence-electron chi connectivity index (χ0n) is 22.1. The number of hydrogen-bond donors (Lipinski definition) is 4. The van der Waals surface area contributed by atoms with Crippen LogP contribution in [0.2, 0.25) is 5.02 Å². The molecule has 0 saturated carbocycles. The second-order valence-corrected chi connectivity index (χ2v) is 10.5. The first-order valence-corrected chi connectivity index (χ1v) is 14.7. The van der Waals surface area contributed by atoms with E-state index < -0.39 is 7.82 Å². The number of benzene rings is 2. The molecule has 4 N–H and O–H groups in total. The number of halogens is 2. The van der Waals surface area contributed by atoms with Crippen LogP contribution in [0.4, 0.5) is 10.1 Å². The largest absolute Gasteiger partial charge is 0.487 e. The minimum Gasteiger partial charge on any atom is -0.487 e. The first-order valence-electron chi connectivity index (χ1n) is 12.8. The SMILES string of the molecule is CCOP(=O)(O)O.Fc1cccc(COc2ccc(NC3=NC=NC4C=CC(NC5=NCCO5)=CCC34)cc2Cl)c1. The van der Waals surface area contributed by atoms with Gasteiger partial charge in [0.15, 0.2) is 0 Å². The van der Waals surface area contributed by atoms with Crippen molar-refractivity contribution in [2.45, 2.75) is 26.0 Å². The van der Waals surface area contributed by atoms with Crippen LogP contribution in [0.15, 0.2) is 81.4 Å². The van der Waals surface area contributed by atoms with Gasteiger partial charge < -0.3 is 29.9 Å². The molecular formula is C27H30ClFN5O6P. The standard InChI is InChI=1S/C25H23ClFN5O2.C2H7O4P/c26-21-13-19(6-9-23(21)34-14-16-2-1-3-17(27)12-16)31-24-20-7-4-18(32-25-28-10-11-33-25)5-8-22(20)29-15-30-24;1-2-6-7(3,4)5/h1-6,8-9,12-13,15,20,22H,7,10-11,14H2,(H,28,32)(H,29,30,31);2H2,1H3,(H2,3,4,5). The molecule has 0 bridgehead atoms. The van der Waals surface area contributed by atoms with Crippen LogP contribution in [-0.2, 0) is 20.4 Å². The molecule has 14 heteroatoms. The number of allylic oxidation sites excluding steroid dienone is 2. The van der Waals surface area contributed by atoms with Gasteiger partial charge in [-0.15, -0.1) is 0 Å². The van der Waals surface area contributed by atoms with E-state index in [1.807, 2.05) is 12.1 Å². The van der Waals surface area contributed by atoms with Crippen LogP contribution in [0.3, 0.4) is 0 Å². The summed E-state index contributed by atoms with van der Waals surface area (Å²) < 4.78 is 38.2. The van der Waals surface area contributed by atoms with E-state index in [1.54, 1.807) is 30.6 Å². The Kier molecular flexibility index (Phi) is 10.7. The first kappa shape index (κ1) is 30.4. The van der Waals surface area contributed by atoms with Crippen LogP contribution >= 0.6 is 19.4 Å². The number of nitrogens with zero attached hydrogens (tertiary/aromatic N) is 3. The van der Waals surface area contributed by atoms with Crippen molar-refractivity contribution in [3.8, 4) is 5.75 Å². The number of hydrogen-bond acceptors (Lipinski definition) is 9. The van der Waals surface area contributed by atoms with E-state index in [2.05, 4.69) is 42.3 Å². The Morgan fingerprint density at radius 2 is 2.07 bits per heavy atom. The third-order valence-electron chi connectivity index (χ3n) is 5.89. The molecule has 2 aliphatic heterocycles. The topological polar surface area (TPSA) is 146 Å². The van der Waals surface area contributed by atoms with E-state index in [9.17, 15) is 8.96 Å². The average Bonchev–Trinajstić information content (AvgIpc) is 3.34. The molecule has 11 nitrogen and oxygen atoms in total. The maximum absolute atomic E-state index is 13.4. The van der Waals surface area contributed by atoms with E-state index in [0.29, 0.717) is 29.9 Å². The van der Waals surface area contributed by atoms with Crippen molar-refractivity contribution in [2.24, 2.45) is 20.9 Å². The van der Waals surface area contributed by atoms with Crippen LogP contribution < -0.4 is 15.4 Å². The molecule has 2 aromatic carbocycles. The zero-order chi connectivity index (χ0) is 29.2. The number of rotatable bonds is 7. The van der Waals surface area contributed by atoms with Crippen molar-refractivity contribution < 1.29 is 32.7 Å². The molecule has 0 aromatic heterocycles. The lowest BCUT2D eigenvalue weighted by Crippen LogP contribution is -2.33. The zero-order valence-corrected chi connectivity index (χ0v) is 23.8. The van der Waals surface area contributed by atoms with Gasteiger partial charge in [-0.3, -0.25) is 9.52 Å². The molecule has 41 heavy (non-hydrogen) atoms. The van der Waals surface area contributed by atoms with Crippen LogP contribution in [-0.4, -0.2) is 53.8 Å². The Balaban J connectivity index is 0.000000493. The number of anilines is 1. The molecule has 0 radical (unpaired) electrons. The quantitative estimate of drug-likeness (QED) is 0.328. The van der Waals surface area contributed by atoms with Crippen molar-refractivity contribution in [1.29, 1.82) is 0 Å². The summed E-state index contributed by atoms with van der Waals surface area (Å²) in [4.78, 5) is 29.1. The van der Waals surface area contributed by atoms with E-state index >= 15 is 0 Å². The predicted molar refractivity (Wildman–Crippen MR) is 156 cm³/mol. The molecule has 5 rings (SSSR count). The maximum Gasteiger partial charge on any atom is 0.469 e. The van der Waals surface area contributed by atoms with E-state index in [0.717, 1.165) is 29.2 Å². The second-order valence-electron chi connectivity index (χ2n) is 8.89. The van der Waals surface area contributed by atoms with E-state index in [1.165, 1.54) is 19.1 Å². The number of amidine groups is 2. The van der Waals surface area contributed by atoms with Crippen molar-refractivity contribution in [3.63, 3.8) is 0 Å². The highest BCUT2D eigenvalue weighted by Crippen LogP contribution is 2.35. The molecule has 3 aliphatic rings. The number of phosphoric ester groups is 1. The third-order valence-corrected chi connectivity index (χ3v) is 6.78. The predicted octanol–water partition coefficient (Wildman–Crippen LogP) is 4.83. The minimum absolute atomic E-state index is 0.0358. The summed E-state index contributed by atoms with van der Waals surface area (Å²) in [7, 11) is -4.17. The maximum atomic E-state index is 13.4. The van der Waals surface area contributed by atoms with Crippen LogP contribution in [0.1, 0.15) is 18.9 Å². The van der Waals surface area contributed by atoms with Gasteiger partial charge in [0.05, 0.1) is 24.2 Å². The average molecular weight is 606 g/mol. The highest BCUT2D eigenvalue weighted by molar-refractivity contribution is 7.46. The summed E-state index contributed by atoms with van der Waals surface area (Å²) in [5.41, 5.74) is 2.45. The highest BCUT2D eigenvalue weighted by atomic mass is 35.5. The lowest BCUT2D eigenvalue weighted by atomic mass is 9.94. The van der Waals surface area contributed by atoms with Crippen LogP contribution in [0.5, 0.6) is 5.75 Å². The number of nitrogens with one attached hydrogen (secondary N) is 2. The molecule has 0 fully saturated rings. The smallest absolute Gasteiger partial charge is 0.469 e. The molecule has 2 atom stereocenters. The van der Waals surface area contributed by atoms with Crippen molar-refractivity contribution in [2.75, 3.05) is 25.1 Å². The summed E-state index contributed by atoms with van der Waals surface area (Å²) in [5, 5.41) is 7.04. The number of aliphatic imine (C=N–C) groups is 3. The molecule has 2 heterocycles. The van der Waals surface area contributed by atoms with Crippen molar-refractivity contribution in [3.05, 3.63) is 82.8 Å². The van der Waals surface area contributed by atoms with Gasteiger partial charge >= 0.3 is 7.82 Å². The van der Waals surface area contributed by atoms with Gasteiger partial charge in [0.2, 0.25) is 0 Å². The Hall–Kier alpha value is -3.54. The Bertz CT molecular complexity index is 1430. The lowest BCUT2D eigenvalue weighted by molar-refractivity contribution is 0.206. The summed E-state index contributed by atoms with van der Waals surface area (Å²) in [6.07, 6.45) is 8.46. The summed E-state index contributed by atoms with van der Waals surface area (Å²) in [6, 6.07) is 12.3. The molecule has 0 saturated heterocycles. The van der Waals surface area contributed by atoms with Gasteiger partial charge in [0.1, 0.15) is 37.0 Å². The van der Waals surface area contributed by atoms with Gasteiger partial charge in [-0.05, 0) is 55.3 Å². The Morgan fingerprint density at radius 1 is 1.22 bits per heavy atom. The van der Waals surface area contributed by atoms with E-state index in [-0.39, 0.29) is 31.0 Å². The fourth-order valence-electron chi connectivity index (χ4n) is 4.04. The highest BCUT2D eigenvalue weighted by Gasteiger charge is 2.28. The molecule has 0 spiro atoms. The summed E-state index contributed by atoms with van der Waals surface area (Å²) >= 11 is 6.45. The molecule has 0 amide bonds. The molecular weight excluding hydrogens is 576 g/mol. The van der Waals surface area contributed by atoms with E-state index in [4.69, 9.17) is 30.9 Å². The van der Waals surface area contributed by atoms with Gasteiger partial charge in [-0.1, -0.05) is 35.9 Å². The normalized spacial score (nSPS) is 19.4. The fourth-order valence-corrected chi connectivity index (χ4v) is 4.62. The number of ether oxygens (including phenoxy) is 2. The molecule has 1 aliphatic carbocycles. The van der Waals surface area contributed by atoms with Crippen LogP contribution in [0.25, 0.3) is 0 Å². The van der Waals surface area contributed by atoms with Crippen molar-refractivity contribution >= 4 is 43.3 Å². The molecule has 218 valence electrons. The Labute approximate surface area is 241 Å². The number of phosphoric acid groups is 1. The minimum atomic E-state index is -4.17. The lowest BCUT2D eigenvalue weighted by Gasteiger charge is -2.25. The monoisotopic (exact) mass is 605 g/mol. The number of fused-ring (bicyclic) bond motifs is 1. The summed E-state index contributed by atoms with van der Waals surface area (Å²) in [6.45, 7) is 3.06. The van der Waals surface area contributed by atoms with Gasteiger partial charge in [-0.2, -0.15) is 0 Å². The molecule has 2 aromatic rings.